The number of benzene rings is 2. The number of methoxy groups -OCH3 is 2. The van der Waals surface area contributed by atoms with E-state index in [1.165, 1.54) is 27.8 Å². The average molecular weight is 418 g/mol. The molecule has 3 aliphatic rings. The van der Waals surface area contributed by atoms with E-state index >= 15 is 0 Å². The lowest BCUT2D eigenvalue weighted by Crippen LogP contribution is -2.43. The number of nitrogens with zero attached hydrogens (tertiary/aromatic N) is 2. The van der Waals surface area contributed by atoms with E-state index in [2.05, 4.69) is 42.5 Å². The predicted molar refractivity (Wildman–Crippen MR) is 124 cm³/mol. The maximum Gasteiger partial charge on any atom is 0.184 e. The van der Waals surface area contributed by atoms with Gasteiger partial charge in [0.15, 0.2) is 5.66 Å². The van der Waals surface area contributed by atoms with Crippen molar-refractivity contribution in [3.05, 3.63) is 59.2 Å². The summed E-state index contributed by atoms with van der Waals surface area (Å²) in [5.41, 5.74) is 12.7. The lowest BCUT2D eigenvalue weighted by molar-refractivity contribution is -0.000372. The summed E-state index contributed by atoms with van der Waals surface area (Å²) in [4.78, 5) is 10.3. The first-order chi connectivity index (χ1) is 15.0. The second-order valence-corrected chi connectivity index (χ2v) is 9.26. The standard InChI is InChI=1S/C26H31N3O2/c1-17-24(27)29-26(28-17)23-14-20(19-6-4-5-18(13-19)16-30-2)7-8-21(23)15-25(26)11-9-22(31-3)10-12-25/h4-8,13-14,22H,9-12,15-16H2,1-3H3,(H2,27,29). The summed E-state index contributed by atoms with van der Waals surface area (Å²) in [7, 11) is 3.55. The van der Waals surface area contributed by atoms with Gasteiger partial charge in [0, 0.05) is 25.2 Å². The molecule has 2 aromatic carbocycles. The van der Waals surface area contributed by atoms with Gasteiger partial charge in [-0.15, -0.1) is 0 Å². The lowest BCUT2D eigenvalue weighted by atomic mass is 9.65. The molecule has 2 aliphatic carbocycles. The minimum absolute atomic E-state index is 0.0245. The quantitative estimate of drug-likeness (QED) is 0.789. The molecule has 1 saturated carbocycles. The Morgan fingerprint density at radius 2 is 1.81 bits per heavy atom. The van der Waals surface area contributed by atoms with Gasteiger partial charge in [0.05, 0.1) is 18.4 Å². The van der Waals surface area contributed by atoms with Crippen LogP contribution in [0.1, 0.15) is 49.3 Å². The molecule has 5 rings (SSSR count). The van der Waals surface area contributed by atoms with E-state index in [9.17, 15) is 0 Å². The molecule has 0 saturated heterocycles. The predicted octanol–water partition coefficient (Wildman–Crippen LogP) is 4.62. The maximum atomic E-state index is 6.32. The van der Waals surface area contributed by atoms with E-state index in [4.69, 9.17) is 25.2 Å². The molecule has 2 N–H and O–H groups in total. The fraction of sp³-hybridized carbons (Fsp3) is 0.462. The Balaban J connectivity index is 1.61. The summed E-state index contributed by atoms with van der Waals surface area (Å²) in [6, 6.07) is 15.4. The van der Waals surface area contributed by atoms with Crippen molar-refractivity contribution >= 4 is 11.5 Å². The molecular weight excluding hydrogens is 386 g/mol. The third-order valence-corrected chi connectivity index (χ3v) is 7.53. The van der Waals surface area contributed by atoms with Crippen LogP contribution in [0.2, 0.25) is 0 Å². The molecule has 1 aliphatic heterocycles. The van der Waals surface area contributed by atoms with E-state index in [1.807, 2.05) is 14.0 Å². The smallest absolute Gasteiger partial charge is 0.184 e. The largest absolute Gasteiger partial charge is 0.382 e. The molecule has 1 atom stereocenters. The second kappa shape index (κ2) is 7.57. The van der Waals surface area contributed by atoms with E-state index in [-0.39, 0.29) is 5.41 Å². The van der Waals surface area contributed by atoms with Crippen LogP contribution < -0.4 is 5.73 Å². The third kappa shape index (κ3) is 3.14. The van der Waals surface area contributed by atoms with Gasteiger partial charge < -0.3 is 15.2 Å². The van der Waals surface area contributed by atoms with Gasteiger partial charge in [-0.05, 0) is 73.4 Å². The van der Waals surface area contributed by atoms with Crippen LogP contribution in [0, 0.1) is 5.41 Å². The van der Waals surface area contributed by atoms with Crippen molar-refractivity contribution in [2.75, 3.05) is 14.2 Å². The van der Waals surface area contributed by atoms with Crippen molar-refractivity contribution in [1.29, 1.82) is 0 Å². The molecule has 1 fully saturated rings. The van der Waals surface area contributed by atoms with E-state index in [0.717, 1.165) is 37.8 Å². The Kier molecular flexibility index (Phi) is 4.98. The highest BCUT2D eigenvalue weighted by atomic mass is 16.5. The Labute approximate surface area is 184 Å². The molecule has 5 nitrogen and oxygen atoms in total. The Morgan fingerprint density at radius 1 is 1.03 bits per heavy atom. The van der Waals surface area contributed by atoms with Crippen LogP contribution in [0.5, 0.6) is 0 Å². The van der Waals surface area contributed by atoms with Gasteiger partial charge in [-0.3, -0.25) is 4.99 Å². The number of hydrogen-bond donors (Lipinski definition) is 1. The minimum Gasteiger partial charge on any atom is -0.382 e. The number of hydrogen-bond acceptors (Lipinski definition) is 5. The molecule has 2 spiro atoms. The van der Waals surface area contributed by atoms with Crippen LogP contribution in [-0.4, -0.2) is 31.9 Å². The van der Waals surface area contributed by atoms with Crippen LogP contribution in [0.4, 0.5) is 0 Å². The van der Waals surface area contributed by atoms with Gasteiger partial charge >= 0.3 is 0 Å². The van der Waals surface area contributed by atoms with Crippen molar-refractivity contribution in [2.45, 2.75) is 57.4 Å². The molecule has 5 heteroatoms. The SMILES string of the molecule is COCc1cccc(-c2ccc3c(c2)C2(N=C(C)C(N)=N2)C2(CCC(OC)CC2)C3)c1. The van der Waals surface area contributed by atoms with Gasteiger partial charge in [-0.1, -0.05) is 30.3 Å². The number of amidine groups is 1. The maximum absolute atomic E-state index is 6.32. The summed E-state index contributed by atoms with van der Waals surface area (Å²) in [6.07, 6.45) is 5.51. The third-order valence-electron chi connectivity index (χ3n) is 7.53. The van der Waals surface area contributed by atoms with Gasteiger partial charge in [0.1, 0.15) is 5.84 Å². The van der Waals surface area contributed by atoms with Crippen LogP contribution >= 0.6 is 0 Å². The average Bonchev–Trinajstić information content (AvgIpc) is 3.22. The number of fused-ring (bicyclic) bond motifs is 3. The fourth-order valence-corrected chi connectivity index (χ4v) is 5.86. The van der Waals surface area contributed by atoms with Gasteiger partial charge in [-0.25, -0.2) is 4.99 Å². The van der Waals surface area contributed by atoms with E-state index in [1.54, 1.807) is 7.11 Å². The van der Waals surface area contributed by atoms with Gasteiger partial charge in [-0.2, -0.15) is 0 Å². The summed E-state index contributed by atoms with van der Waals surface area (Å²) < 4.78 is 11.0. The molecule has 1 heterocycles. The van der Waals surface area contributed by atoms with Crippen molar-refractivity contribution in [2.24, 2.45) is 21.1 Å². The van der Waals surface area contributed by atoms with Crippen LogP contribution in [0.25, 0.3) is 11.1 Å². The van der Waals surface area contributed by atoms with E-state index in [0.29, 0.717) is 18.5 Å². The van der Waals surface area contributed by atoms with Crippen LogP contribution in [0.15, 0.2) is 52.4 Å². The molecule has 0 bridgehead atoms. The molecular formula is C26H31N3O2. The zero-order valence-corrected chi connectivity index (χ0v) is 18.6. The fourth-order valence-electron chi connectivity index (χ4n) is 5.86. The first-order valence-electron chi connectivity index (χ1n) is 11.2. The van der Waals surface area contributed by atoms with Crippen molar-refractivity contribution in [1.82, 2.24) is 0 Å². The van der Waals surface area contributed by atoms with Crippen molar-refractivity contribution in [3.63, 3.8) is 0 Å². The molecule has 1 unspecified atom stereocenters. The van der Waals surface area contributed by atoms with Crippen molar-refractivity contribution in [3.8, 4) is 11.1 Å². The first-order valence-corrected chi connectivity index (χ1v) is 11.2. The molecule has 0 radical (unpaired) electrons. The Morgan fingerprint density at radius 3 is 2.48 bits per heavy atom. The highest BCUT2D eigenvalue weighted by Gasteiger charge is 2.60. The number of nitrogens with two attached hydrogens (primary N) is 1. The van der Waals surface area contributed by atoms with Crippen LogP contribution in [-0.2, 0) is 28.2 Å². The monoisotopic (exact) mass is 417 g/mol. The minimum atomic E-state index is -0.602. The zero-order valence-electron chi connectivity index (χ0n) is 18.6. The number of rotatable bonds is 4. The van der Waals surface area contributed by atoms with Gasteiger partial charge in [0.2, 0.25) is 0 Å². The Hall–Kier alpha value is -2.50. The zero-order chi connectivity index (χ0) is 21.6. The molecule has 0 aromatic heterocycles. The number of ether oxygens (including phenoxy) is 2. The molecule has 162 valence electrons. The lowest BCUT2D eigenvalue weighted by Gasteiger charge is -2.44. The van der Waals surface area contributed by atoms with Gasteiger partial charge in [0.25, 0.3) is 0 Å². The first kappa shape index (κ1) is 20.4. The van der Waals surface area contributed by atoms with Crippen molar-refractivity contribution < 1.29 is 9.47 Å². The highest BCUT2D eigenvalue weighted by molar-refractivity contribution is 6.41. The summed E-state index contributed by atoms with van der Waals surface area (Å²) in [5.74, 6) is 0.577. The summed E-state index contributed by atoms with van der Waals surface area (Å²) in [6.45, 7) is 2.59. The van der Waals surface area contributed by atoms with Crippen LogP contribution in [0.3, 0.4) is 0 Å². The molecule has 2 aromatic rings. The van der Waals surface area contributed by atoms with E-state index < -0.39 is 5.66 Å². The second-order valence-electron chi connectivity index (χ2n) is 9.26. The topological polar surface area (TPSA) is 69.2 Å². The summed E-state index contributed by atoms with van der Waals surface area (Å²) in [5, 5.41) is 0. The highest BCUT2D eigenvalue weighted by Crippen LogP contribution is 2.62. The summed E-state index contributed by atoms with van der Waals surface area (Å²) >= 11 is 0. The molecule has 31 heavy (non-hydrogen) atoms. The molecule has 0 amide bonds. The normalized spacial score (nSPS) is 29.3. The Bertz CT molecular complexity index is 1050. The number of aliphatic imine (C=N–C) groups is 2.